The highest BCUT2D eigenvalue weighted by atomic mass is 16.2. The van der Waals surface area contributed by atoms with E-state index in [0.29, 0.717) is 11.5 Å². The largest absolute Gasteiger partial charge is 0.271 e. The summed E-state index contributed by atoms with van der Waals surface area (Å²) in [6, 6.07) is 5.84. The van der Waals surface area contributed by atoms with Crippen molar-refractivity contribution in [2.45, 2.75) is 46.5 Å². The van der Waals surface area contributed by atoms with Crippen molar-refractivity contribution in [1.82, 2.24) is 5.43 Å². The molecule has 0 aromatic heterocycles. The first-order valence-corrected chi connectivity index (χ1v) is 7.02. The lowest BCUT2D eigenvalue weighted by atomic mass is 9.89. The Morgan fingerprint density at radius 1 is 1.32 bits per heavy atom. The van der Waals surface area contributed by atoms with Gasteiger partial charge in [0.25, 0.3) is 5.91 Å². The first kappa shape index (κ1) is 13.8. The van der Waals surface area contributed by atoms with Crippen LogP contribution in [-0.4, -0.2) is 11.6 Å². The van der Waals surface area contributed by atoms with Gasteiger partial charge in [-0.1, -0.05) is 31.0 Å². The summed E-state index contributed by atoms with van der Waals surface area (Å²) in [5, 5.41) is 4.32. The van der Waals surface area contributed by atoms with Crippen LogP contribution in [0.25, 0.3) is 0 Å². The molecule has 102 valence electrons. The second kappa shape index (κ2) is 6.00. The van der Waals surface area contributed by atoms with Crippen molar-refractivity contribution in [3.8, 4) is 0 Å². The van der Waals surface area contributed by atoms with Gasteiger partial charge in [-0.25, -0.2) is 5.43 Å². The Morgan fingerprint density at radius 3 is 2.79 bits per heavy atom. The molecule has 1 fully saturated rings. The third-order valence-electron chi connectivity index (χ3n) is 3.82. The van der Waals surface area contributed by atoms with E-state index >= 15 is 0 Å². The van der Waals surface area contributed by atoms with Crippen molar-refractivity contribution in [1.29, 1.82) is 0 Å². The third kappa shape index (κ3) is 3.43. The van der Waals surface area contributed by atoms with Crippen LogP contribution in [-0.2, 0) is 0 Å². The summed E-state index contributed by atoms with van der Waals surface area (Å²) in [4.78, 5) is 12.1. The van der Waals surface area contributed by atoms with Crippen molar-refractivity contribution < 1.29 is 4.79 Å². The molecule has 1 aliphatic rings. The zero-order chi connectivity index (χ0) is 13.8. The second-order valence-electron chi connectivity index (χ2n) is 5.51. The van der Waals surface area contributed by atoms with Gasteiger partial charge in [-0.2, -0.15) is 5.10 Å². The van der Waals surface area contributed by atoms with E-state index in [1.807, 2.05) is 32.0 Å². The van der Waals surface area contributed by atoms with Crippen LogP contribution in [0.15, 0.2) is 23.3 Å². The zero-order valence-electron chi connectivity index (χ0n) is 12.0. The van der Waals surface area contributed by atoms with E-state index < -0.39 is 0 Å². The molecule has 0 aliphatic heterocycles. The van der Waals surface area contributed by atoms with Crippen molar-refractivity contribution in [2.75, 3.05) is 0 Å². The molecule has 3 heteroatoms. The van der Waals surface area contributed by atoms with Crippen molar-refractivity contribution in [3.63, 3.8) is 0 Å². The molecule has 1 amide bonds. The number of hydrogen-bond acceptors (Lipinski definition) is 2. The van der Waals surface area contributed by atoms with Crippen molar-refractivity contribution in [3.05, 3.63) is 34.9 Å². The lowest BCUT2D eigenvalue weighted by Gasteiger charge is -2.19. The molecule has 0 heterocycles. The van der Waals surface area contributed by atoms with Gasteiger partial charge in [-0.15, -0.1) is 0 Å². The van der Waals surface area contributed by atoms with Gasteiger partial charge in [-0.05, 0) is 50.7 Å². The quantitative estimate of drug-likeness (QED) is 0.809. The molecular formula is C16H22N2O. The van der Waals surface area contributed by atoms with Crippen LogP contribution in [0.2, 0.25) is 0 Å². The first-order valence-electron chi connectivity index (χ1n) is 7.02. The Hall–Kier alpha value is -1.64. The number of nitrogens with one attached hydrogen (secondary N) is 1. The summed E-state index contributed by atoms with van der Waals surface area (Å²) in [5.74, 6) is 0.385. The van der Waals surface area contributed by atoms with E-state index in [2.05, 4.69) is 17.5 Å². The lowest BCUT2D eigenvalue weighted by molar-refractivity contribution is 0.0954. The van der Waals surface area contributed by atoms with E-state index in [1.54, 1.807) is 0 Å². The number of benzene rings is 1. The molecular weight excluding hydrogens is 236 g/mol. The summed E-state index contributed by atoms with van der Waals surface area (Å²) >= 11 is 0. The van der Waals surface area contributed by atoms with Gasteiger partial charge in [-0.3, -0.25) is 4.79 Å². The fourth-order valence-electron chi connectivity index (χ4n) is 2.59. The van der Waals surface area contributed by atoms with Crippen LogP contribution < -0.4 is 5.43 Å². The molecule has 1 atom stereocenters. The molecule has 0 saturated heterocycles. The molecule has 0 spiro atoms. The van der Waals surface area contributed by atoms with Crippen LogP contribution in [0.3, 0.4) is 0 Å². The van der Waals surface area contributed by atoms with Crippen LogP contribution in [0.4, 0.5) is 0 Å². The van der Waals surface area contributed by atoms with Crippen molar-refractivity contribution >= 4 is 11.6 Å². The molecule has 1 aromatic carbocycles. The molecule has 1 aromatic rings. The number of hydrogen-bond donors (Lipinski definition) is 1. The van der Waals surface area contributed by atoms with Gasteiger partial charge in [0.15, 0.2) is 0 Å². The Balaban J connectivity index is 2.06. The fourth-order valence-corrected chi connectivity index (χ4v) is 2.59. The molecule has 1 saturated carbocycles. The van der Waals surface area contributed by atoms with E-state index in [9.17, 15) is 4.79 Å². The van der Waals surface area contributed by atoms with Gasteiger partial charge in [0.1, 0.15) is 0 Å². The topological polar surface area (TPSA) is 41.5 Å². The summed E-state index contributed by atoms with van der Waals surface area (Å²) < 4.78 is 0. The van der Waals surface area contributed by atoms with Gasteiger partial charge < -0.3 is 0 Å². The fraction of sp³-hybridized carbons (Fsp3) is 0.500. The lowest BCUT2D eigenvalue weighted by Crippen LogP contribution is -2.24. The minimum Gasteiger partial charge on any atom is -0.267 e. The maximum Gasteiger partial charge on any atom is 0.271 e. The highest BCUT2D eigenvalue weighted by Crippen LogP contribution is 2.20. The molecule has 1 unspecified atom stereocenters. The third-order valence-corrected chi connectivity index (χ3v) is 3.82. The Bertz CT molecular complexity index is 505. The number of carbonyl (C=O) groups excluding carboxylic acids is 1. The van der Waals surface area contributed by atoms with Gasteiger partial charge in [0, 0.05) is 11.3 Å². The number of amides is 1. The van der Waals surface area contributed by atoms with E-state index in [4.69, 9.17) is 0 Å². The van der Waals surface area contributed by atoms with Gasteiger partial charge in [0.2, 0.25) is 0 Å². The molecule has 1 N–H and O–H groups in total. The SMILES string of the molecule is Cc1ccc(C(=O)N/N=C2/CCCCC2C)c(C)c1. The molecule has 19 heavy (non-hydrogen) atoms. The zero-order valence-corrected chi connectivity index (χ0v) is 12.0. The minimum absolute atomic E-state index is 0.109. The van der Waals surface area contributed by atoms with Crippen LogP contribution in [0, 0.1) is 19.8 Å². The molecule has 0 bridgehead atoms. The first-order chi connectivity index (χ1) is 9.08. The average Bonchev–Trinajstić information content (AvgIpc) is 2.37. The van der Waals surface area contributed by atoms with E-state index in [-0.39, 0.29) is 5.91 Å². The van der Waals surface area contributed by atoms with Gasteiger partial charge in [0.05, 0.1) is 0 Å². The van der Waals surface area contributed by atoms with E-state index in [0.717, 1.165) is 17.7 Å². The minimum atomic E-state index is -0.109. The maximum absolute atomic E-state index is 12.1. The maximum atomic E-state index is 12.1. The number of nitrogens with zero attached hydrogens (tertiary/aromatic N) is 1. The number of carbonyl (C=O) groups is 1. The predicted octanol–water partition coefficient (Wildman–Crippen LogP) is 3.60. The Kier molecular flexibility index (Phi) is 4.35. The average molecular weight is 258 g/mol. The van der Waals surface area contributed by atoms with Crippen LogP contribution in [0.1, 0.15) is 54.1 Å². The smallest absolute Gasteiger partial charge is 0.267 e. The summed E-state index contributed by atoms with van der Waals surface area (Å²) in [7, 11) is 0. The van der Waals surface area contributed by atoms with Gasteiger partial charge >= 0.3 is 0 Å². The summed E-state index contributed by atoms with van der Waals surface area (Å²) in [6.07, 6.45) is 4.64. The Labute approximate surface area is 115 Å². The summed E-state index contributed by atoms with van der Waals surface area (Å²) in [6.45, 7) is 6.16. The molecule has 1 aliphatic carbocycles. The number of aryl methyl sites for hydroxylation is 2. The molecule has 0 radical (unpaired) electrons. The Morgan fingerprint density at radius 2 is 2.11 bits per heavy atom. The van der Waals surface area contributed by atoms with Crippen LogP contribution >= 0.6 is 0 Å². The summed E-state index contributed by atoms with van der Waals surface area (Å²) in [5.41, 5.74) is 6.71. The van der Waals surface area contributed by atoms with Crippen LogP contribution in [0.5, 0.6) is 0 Å². The second-order valence-corrected chi connectivity index (χ2v) is 5.51. The monoisotopic (exact) mass is 258 g/mol. The number of rotatable bonds is 2. The van der Waals surface area contributed by atoms with Crippen molar-refractivity contribution in [2.24, 2.45) is 11.0 Å². The highest BCUT2D eigenvalue weighted by molar-refractivity contribution is 5.97. The standard InChI is InChI=1S/C16H22N2O/c1-11-8-9-14(13(3)10-11)16(19)18-17-15-7-5-4-6-12(15)2/h8-10,12H,4-7H2,1-3H3,(H,18,19)/b17-15-. The number of hydrazone groups is 1. The molecule has 2 rings (SSSR count). The highest BCUT2D eigenvalue weighted by Gasteiger charge is 2.16. The predicted molar refractivity (Wildman–Crippen MR) is 78.4 cm³/mol. The molecule has 3 nitrogen and oxygen atoms in total. The normalized spacial score (nSPS) is 21.4. The van der Waals surface area contributed by atoms with E-state index in [1.165, 1.54) is 24.8 Å².